The highest BCUT2D eigenvalue weighted by molar-refractivity contribution is 5.28. The van der Waals surface area contributed by atoms with Crippen LogP contribution in [0.2, 0.25) is 0 Å². The van der Waals surface area contributed by atoms with Crippen molar-refractivity contribution in [1.29, 1.82) is 0 Å². The van der Waals surface area contributed by atoms with Crippen molar-refractivity contribution >= 4 is 5.82 Å². The predicted octanol–water partition coefficient (Wildman–Crippen LogP) is 1.05. The molecule has 0 bridgehead atoms. The third kappa shape index (κ3) is 2.96. The molecular formula is C13H22N4. The van der Waals surface area contributed by atoms with Crippen molar-refractivity contribution in [3.05, 3.63) is 23.9 Å². The van der Waals surface area contributed by atoms with Gasteiger partial charge in [0.2, 0.25) is 0 Å². The van der Waals surface area contributed by atoms with Crippen LogP contribution in [-0.2, 0) is 6.54 Å². The van der Waals surface area contributed by atoms with E-state index in [1.165, 1.54) is 0 Å². The summed E-state index contributed by atoms with van der Waals surface area (Å²) in [5.41, 5.74) is 6.76. The van der Waals surface area contributed by atoms with Gasteiger partial charge in [-0.15, -0.1) is 0 Å². The van der Waals surface area contributed by atoms with Crippen LogP contribution in [0.4, 0.5) is 5.82 Å². The van der Waals surface area contributed by atoms with Gasteiger partial charge in [0.05, 0.1) is 5.69 Å². The van der Waals surface area contributed by atoms with Crippen LogP contribution in [0.25, 0.3) is 0 Å². The topological polar surface area (TPSA) is 45.4 Å². The lowest BCUT2D eigenvalue weighted by Gasteiger charge is -2.22. The minimum Gasteiger partial charge on any atom is -0.384 e. The van der Waals surface area contributed by atoms with Gasteiger partial charge in [-0.3, -0.25) is 4.90 Å². The average molecular weight is 234 g/mol. The first-order valence-electron chi connectivity index (χ1n) is 6.16. The molecule has 2 N–H and O–H groups in total. The monoisotopic (exact) mass is 234 g/mol. The Morgan fingerprint density at radius 2 is 2.18 bits per heavy atom. The molecule has 4 nitrogen and oxygen atoms in total. The highest BCUT2D eigenvalue weighted by atomic mass is 15.2. The van der Waals surface area contributed by atoms with E-state index in [1.807, 2.05) is 18.2 Å². The molecule has 0 saturated carbocycles. The highest BCUT2D eigenvalue weighted by Crippen LogP contribution is 2.21. The van der Waals surface area contributed by atoms with Crippen molar-refractivity contribution in [3.63, 3.8) is 0 Å². The van der Waals surface area contributed by atoms with E-state index in [0.29, 0.717) is 17.8 Å². The van der Waals surface area contributed by atoms with Crippen molar-refractivity contribution in [2.75, 3.05) is 32.9 Å². The van der Waals surface area contributed by atoms with Crippen molar-refractivity contribution in [2.45, 2.75) is 19.5 Å². The second-order valence-electron chi connectivity index (χ2n) is 5.26. The molecule has 4 heteroatoms. The Balaban J connectivity index is 1.97. The van der Waals surface area contributed by atoms with Crippen LogP contribution >= 0.6 is 0 Å². The maximum absolute atomic E-state index is 5.70. The molecular weight excluding hydrogens is 212 g/mol. The highest BCUT2D eigenvalue weighted by Gasteiger charge is 2.30. The largest absolute Gasteiger partial charge is 0.384 e. The summed E-state index contributed by atoms with van der Waals surface area (Å²) in [7, 11) is 4.31. The number of hydrogen-bond acceptors (Lipinski definition) is 4. The molecule has 0 spiro atoms. The number of pyridine rings is 1. The molecule has 2 rings (SSSR count). The van der Waals surface area contributed by atoms with Crippen LogP contribution in [-0.4, -0.2) is 48.0 Å². The number of nitrogen functional groups attached to an aromatic ring is 1. The smallest absolute Gasteiger partial charge is 0.123 e. The molecule has 17 heavy (non-hydrogen) atoms. The Kier molecular flexibility index (Phi) is 3.64. The lowest BCUT2D eigenvalue weighted by molar-refractivity contribution is 0.249. The lowest BCUT2D eigenvalue weighted by atomic mass is 10.1. The molecule has 0 aromatic carbocycles. The van der Waals surface area contributed by atoms with Crippen LogP contribution in [0, 0.1) is 5.92 Å². The van der Waals surface area contributed by atoms with Gasteiger partial charge in [-0.2, -0.15) is 0 Å². The molecule has 1 aromatic heterocycles. The molecule has 0 amide bonds. The molecule has 1 fully saturated rings. The zero-order chi connectivity index (χ0) is 12.4. The van der Waals surface area contributed by atoms with Gasteiger partial charge in [0, 0.05) is 25.7 Å². The van der Waals surface area contributed by atoms with Crippen molar-refractivity contribution in [1.82, 2.24) is 14.8 Å². The molecule has 2 atom stereocenters. The first-order chi connectivity index (χ1) is 8.06. The number of rotatable bonds is 3. The van der Waals surface area contributed by atoms with E-state index in [1.54, 1.807) is 0 Å². The van der Waals surface area contributed by atoms with E-state index < -0.39 is 0 Å². The van der Waals surface area contributed by atoms with Crippen LogP contribution < -0.4 is 5.73 Å². The SMILES string of the molecule is CC1CN(Cc2cccc(N)n2)CC1N(C)C. The molecule has 2 unspecified atom stereocenters. The third-order valence-electron chi connectivity index (χ3n) is 3.53. The first kappa shape index (κ1) is 12.3. The Bertz CT molecular complexity index is 377. The summed E-state index contributed by atoms with van der Waals surface area (Å²) in [5.74, 6) is 1.32. The number of likely N-dealkylation sites (tertiary alicyclic amines) is 1. The number of nitrogens with two attached hydrogens (primary N) is 1. The second kappa shape index (κ2) is 5.02. The van der Waals surface area contributed by atoms with Gasteiger partial charge in [0.1, 0.15) is 5.82 Å². The zero-order valence-electron chi connectivity index (χ0n) is 10.9. The Labute approximate surface area is 103 Å². The van der Waals surface area contributed by atoms with E-state index in [9.17, 15) is 0 Å². The maximum atomic E-state index is 5.70. The summed E-state index contributed by atoms with van der Waals surface area (Å²) in [5, 5.41) is 0. The first-order valence-corrected chi connectivity index (χ1v) is 6.16. The fourth-order valence-corrected chi connectivity index (χ4v) is 2.66. The molecule has 94 valence electrons. The summed E-state index contributed by atoms with van der Waals surface area (Å²) in [6, 6.07) is 6.50. The fraction of sp³-hybridized carbons (Fsp3) is 0.615. The van der Waals surface area contributed by atoms with Crippen molar-refractivity contribution in [3.8, 4) is 0 Å². The van der Waals surface area contributed by atoms with Gasteiger partial charge < -0.3 is 10.6 Å². The normalized spacial score (nSPS) is 25.6. The summed E-state index contributed by atoms with van der Waals surface area (Å²) in [4.78, 5) is 9.13. The Hall–Kier alpha value is -1.13. The number of aromatic nitrogens is 1. The predicted molar refractivity (Wildman–Crippen MR) is 70.6 cm³/mol. The van der Waals surface area contributed by atoms with Crippen LogP contribution in [0.3, 0.4) is 0 Å². The summed E-state index contributed by atoms with van der Waals surface area (Å²) in [6.07, 6.45) is 0. The van der Waals surface area contributed by atoms with Gasteiger partial charge in [0.25, 0.3) is 0 Å². The number of anilines is 1. The fourth-order valence-electron chi connectivity index (χ4n) is 2.66. The quantitative estimate of drug-likeness (QED) is 0.849. The van der Waals surface area contributed by atoms with E-state index in [-0.39, 0.29) is 0 Å². The van der Waals surface area contributed by atoms with E-state index in [2.05, 4.69) is 35.8 Å². The summed E-state index contributed by atoms with van der Waals surface area (Å²) >= 11 is 0. The van der Waals surface area contributed by atoms with Gasteiger partial charge in [-0.05, 0) is 32.1 Å². The van der Waals surface area contributed by atoms with Gasteiger partial charge >= 0.3 is 0 Å². The molecule has 0 radical (unpaired) electrons. The summed E-state index contributed by atoms with van der Waals surface area (Å²) < 4.78 is 0. The minimum atomic E-state index is 0.610. The third-order valence-corrected chi connectivity index (χ3v) is 3.53. The Morgan fingerprint density at radius 3 is 2.76 bits per heavy atom. The second-order valence-corrected chi connectivity index (χ2v) is 5.26. The van der Waals surface area contributed by atoms with Crippen molar-refractivity contribution < 1.29 is 0 Å². The molecule has 1 aliphatic heterocycles. The van der Waals surface area contributed by atoms with E-state index >= 15 is 0 Å². The number of hydrogen-bond donors (Lipinski definition) is 1. The maximum Gasteiger partial charge on any atom is 0.123 e. The van der Waals surface area contributed by atoms with Gasteiger partial charge in [0.15, 0.2) is 0 Å². The van der Waals surface area contributed by atoms with Crippen LogP contribution in [0.15, 0.2) is 18.2 Å². The summed E-state index contributed by atoms with van der Waals surface area (Å²) in [6.45, 7) is 5.47. The van der Waals surface area contributed by atoms with Crippen molar-refractivity contribution in [2.24, 2.45) is 5.92 Å². The van der Waals surface area contributed by atoms with E-state index in [4.69, 9.17) is 5.73 Å². The minimum absolute atomic E-state index is 0.610. The molecule has 1 aliphatic rings. The Morgan fingerprint density at radius 1 is 1.41 bits per heavy atom. The molecule has 0 aliphatic carbocycles. The van der Waals surface area contributed by atoms with Gasteiger partial charge in [-0.25, -0.2) is 4.98 Å². The van der Waals surface area contributed by atoms with Crippen LogP contribution in [0.5, 0.6) is 0 Å². The molecule has 1 saturated heterocycles. The van der Waals surface area contributed by atoms with E-state index in [0.717, 1.165) is 25.3 Å². The number of likely N-dealkylation sites (N-methyl/N-ethyl adjacent to an activating group) is 1. The number of nitrogens with zero attached hydrogens (tertiary/aromatic N) is 3. The van der Waals surface area contributed by atoms with Gasteiger partial charge in [-0.1, -0.05) is 13.0 Å². The molecule has 1 aromatic rings. The lowest BCUT2D eigenvalue weighted by Crippen LogP contribution is -2.34. The standard InChI is InChI=1S/C13H22N4/c1-10-7-17(9-12(10)16(2)3)8-11-5-4-6-13(14)15-11/h4-6,10,12H,7-9H2,1-3H3,(H2,14,15). The zero-order valence-corrected chi connectivity index (χ0v) is 10.9. The molecule has 2 heterocycles. The average Bonchev–Trinajstić information content (AvgIpc) is 2.59. The van der Waals surface area contributed by atoms with Crippen LogP contribution in [0.1, 0.15) is 12.6 Å².